The third-order valence-corrected chi connectivity index (χ3v) is 8.40. The van der Waals surface area contributed by atoms with E-state index in [0.29, 0.717) is 16.9 Å². The van der Waals surface area contributed by atoms with Gasteiger partial charge in [-0.2, -0.15) is 0 Å². The molecule has 2 atom stereocenters. The van der Waals surface area contributed by atoms with Crippen molar-refractivity contribution in [3.63, 3.8) is 0 Å². The second-order valence-corrected chi connectivity index (χ2v) is 13.6. The molecule has 12 heteroatoms. The van der Waals surface area contributed by atoms with Gasteiger partial charge >= 0.3 is 6.09 Å². The summed E-state index contributed by atoms with van der Waals surface area (Å²) in [7, 11) is -3.39. The number of fused-ring (bicyclic) bond motifs is 1. The Morgan fingerprint density at radius 1 is 1.12 bits per heavy atom. The lowest BCUT2D eigenvalue weighted by Crippen LogP contribution is -2.56. The summed E-state index contributed by atoms with van der Waals surface area (Å²) in [5.74, 6) is -1.46. The molecule has 0 saturated carbocycles. The van der Waals surface area contributed by atoms with Crippen molar-refractivity contribution >= 4 is 33.4 Å². The number of carboxylic acid groups (broad SMARTS) is 1. The van der Waals surface area contributed by atoms with E-state index in [9.17, 15) is 32.3 Å². The summed E-state index contributed by atoms with van der Waals surface area (Å²) < 4.78 is 38.3. The largest absolute Gasteiger partial charge is 0.465 e. The third kappa shape index (κ3) is 7.56. The Kier molecular flexibility index (Phi) is 9.19. The van der Waals surface area contributed by atoms with Crippen molar-refractivity contribution in [3.8, 4) is 0 Å². The normalized spacial score (nSPS) is 15.9. The molecule has 4 rings (SSSR count). The van der Waals surface area contributed by atoms with E-state index < -0.39 is 51.2 Å². The number of carbonyl (C=O) groups is 3. The Morgan fingerprint density at radius 3 is 2.40 bits per heavy atom. The van der Waals surface area contributed by atoms with Crippen LogP contribution in [-0.4, -0.2) is 65.2 Å². The number of aromatic nitrogens is 1. The van der Waals surface area contributed by atoms with Gasteiger partial charge in [-0.25, -0.2) is 17.6 Å². The van der Waals surface area contributed by atoms with Crippen molar-refractivity contribution in [1.29, 1.82) is 0 Å². The summed E-state index contributed by atoms with van der Waals surface area (Å²) in [5, 5.41) is 12.8. The van der Waals surface area contributed by atoms with Crippen molar-refractivity contribution in [2.24, 2.45) is 0 Å². The zero-order valence-electron chi connectivity index (χ0n) is 24.5. The monoisotopic (exact) mass is 610 g/mol. The summed E-state index contributed by atoms with van der Waals surface area (Å²) in [6, 6.07) is 13.8. The lowest BCUT2D eigenvalue weighted by atomic mass is 9.95. The lowest BCUT2D eigenvalue weighted by Gasteiger charge is -2.40. The lowest BCUT2D eigenvalue weighted by molar-refractivity contribution is -0.128. The van der Waals surface area contributed by atoms with Gasteiger partial charge < -0.3 is 15.3 Å². The maximum atomic E-state index is 14.6. The molecule has 0 fully saturated rings. The first-order chi connectivity index (χ1) is 20.1. The van der Waals surface area contributed by atoms with Crippen molar-refractivity contribution < 1.29 is 32.3 Å². The maximum absolute atomic E-state index is 14.6. The summed E-state index contributed by atoms with van der Waals surface area (Å²) in [4.78, 5) is 46.7. The van der Waals surface area contributed by atoms with Gasteiger partial charge in [-0.15, -0.1) is 0 Å². The molecule has 1 aliphatic heterocycles. The zero-order chi connectivity index (χ0) is 31.5. The van der Waals surface area contributed by atoms with Crippen molar-refractivity contribution in [2.45, 2.75) is 69.1 Å². The van der Waals surface area contributed by atoms with Gasteiger partial charge in [0.05, 0.1) is 22.8 Å². The number of nitrogens with one attached hydrogen (secondary N) is 1. The van der Waals surface area contributed by atoms with Crippen LogP contribution in [0.4, 0.5) is 14.9 Å². The van der Waals surface area contributed by atoms with E-state index >= 15 is 0 Å². The first-order valence-corrected chi connectivity index (χ1v) is 15.6. The highest BCUT2D eigenvalue weighted by molar-refractivity contribution is 7.90. The number of rotatable bonds is 9. The van der Waals surface area contributed by atoms with Gasteiger partial charge in [-0.05, 0) is 68.7 Å². The Balaban J connectivity index is 1.57. The molecule has 0 radical (unpaired) electrons. The molecule has 43 heavy (non-hydrogen) atoms. The van der Waals surface area contributed by atoms with E-state index in [2.05, 4.69) is 10.3 Å². The molecule has 2 N–H and O–H groups in total. The van der Waals surface area contributed by atoms with Crippen LogP contribution < -0.4 is 10.2 Å². The fraction of sp³-hybridized carbons (Fsp3) is 0.355. The Labute approximate surface area is 250 Å². The van der Waals surface area contributed by atoms with E-state index in [1.165, 1.54) is 29.2 Å². The van der Waals surface area contributed by atoms with Crippen LogP contribution in [-0.2, 0) is 38.8 Å². The Bertz CT molecular complexity index is 1620. The van der Waals surface area contributed by atoms with Crippen LogP contribution in [0, 0.1) is 5.82 Å². The first-order valence-electron chi connectivity index (χ1n) is 13.7. The van der Waals surface area contributed by atoms with Crippen LogP contribution in [0.15, 0.2) is 71.8 Å². The highest BCUT2D eigenvalue weighted by atomic mass is 32.2. The molecule has 1 aliphatic rings. The number of pyridine rings is 1. The molecule has 228 valence electrons. The van der Waals surface area contributed by atoms with Gasteiger partial charge in [0.25, 0.3) is 0 Å². The molecular weight excluding hydrogens is 575 g/mol. The van der Waals surface area contributed by atoms with E-state index in [4.69, 9.17) is 0 Å². The second kappa shape index (κ2) is 12.5. The average Bonchev–Trinajstić information content (AvgIpc) is 2.91. The molecule has 0 aliphatic carbocycles. The molecule has 0 bridgehead atoms. The molecule has 1 aromatic heterocycles. The molecule has 0 saturated heterocycles. The highest BCUT2D eigenvalue weighted by Gasteiger charge is 2.38. The van der Waals surface area contributed by atoms with Gasteiger partial charge in [0.2, 0.25) is 11.8 Å². The number of sulfone groups is 1. The summed E-state index contributed by atoms with van der Waals surface area (Å²) in [6.07, 6.45) is 1.24. The molecular formula is C31H35FN4O6S. The van der Waals surface area contributed by atoms with Crippen molar-refractivity contribution in [3.05, 3.63) is 89.5 Å². The minimum Gasteiger partial charge on any atom is -0.465 e. The number of amides is 3. The van der Waals surface area contributed by atoms with E-state index in [0.717, 1.165) is 11.2 Å². The summed E-state index contributed by atoms with van der Waals surface area (Å²) in [5.41, 5.74) is 1.22. The van der Waals surface area contributed by atoms with Gasteiger partial charge in [-0.3, -0.25) is 19.5 Å². The zero-order valence-corrected chi connectivity index (χ0v) is 25.3. The van der Waals surface area contributed by atoms with Crippen LogP contribution in [0.1, 0.15) is 44.0 Å². The van der Waals surface area contributed by atoms with Gasteiger partial charge in [0.15, 0.2) is 9.84 Å². The van der Waals surface area contributed by atoms with Gasteiger partial charge in [0, 0.05) is 36.9 Å². The minimum atomic E-state index is -3.39. The predicted octanol–water partition coefficient (Wildman–Crippen LogP) is 3.98. The Morgan fingerprint density at radius 2 is 1.79 bits per heavy atom. The van der Waals surface area contributed by atoms with Gasteiger partial charge in [-0.1, -0.05) is 30.3 Å². The smallest absolute Gasteiger partial charge is 0.408 e. The number of anilines is 1. The molecule has 2 heterocycles. The van der Waals surface area contributed by atoms with Crippen LogP contribution >= 0.6 is 0 Å². The van der Waals surface area contributed by atoms with E-state index in [1.54, 1.807) is 63.4 Å². The molecule has 1 unspecified atom stereocenters. The SMILES string of the molecule is CC(C)(C)N(C(=O)O)[C@@H](CC(=O)NC1Cc2ncccc2N(Cc2ccc(S(C)(=O)=O)cc2)C1=O)Cc1ccccc1F. The topological polar surface area (TPSA) is 137 Å². The maximum Gasteiger partial charge on any atom is 0.408 e. The predicted molar refractivity (Wildman–Crippen MR) is 159 cm³/mol. The number of nitrogens with zero attached hydrogens (tertiary/aromatic N) is 3. The summed E-state index contributed by atoms with van der Waals surface area (Å²) >= 11 is 0. The van der Waals surface area contributed by atoms with Crippen LogP contribution in [0.5, 0.6) is 0 Å². The van der Waals surface area contributed by atoms with Crippen LogP contribution in [0.25, 0.3) is 0 Å². The third-order valence-electron chi connectivity index (χ3n) is 7.27. The van der Waals surface area contributed by atoms with Gasteiger partial charge in [0.1, 0.15) is 11.9 Å². The Hall–Kier alpha value is -4.32. The number of hydrogen-bond donors (Lipinski definition) is 2. The number of halogens is 1. The standard InChI is InChI=1S/C31H35FN4O6S/c1-31(2,3)36(30(39)40)22(16-21-8-5-6-9-24(21)32)17-28(37)34-26-18-25-27(10-7-15-33-25)35(29(26)38)19-20-11-13-23(14-12-20)43(4,41)42/h5-15,22,26H,16-19H2,1-4H3,(H,34,37)(H,39,40)/t22-,26?/m1/s1. The highest BCUT2D eigenvalue weighted by Crippen LogP contribution is 2.29. The number of hydrogen-bond acceptors (Lipinski definition) is 6. The van der Waals surface area contributed by atoms with E-state index in [1.807, 2.05) is 0 Å². The molecule has 3 aromatic rings. The number of carbonyl (C=O) groups excluding carboxylic acids is 2. The average molecular weight is 611 g/mol. The molecule has 10 nitrogen and oxygen atoms in total. The quantitative estimate of drug-likeness (QED) is 0.374. The number of benzene rings is 2. The second-order valence-electron chi connectivity index (χ2n) is 11.6. The molecule has 3 amide bonds. The fourth-order valence-corrected chi connectivity index (χ4v) is 5.98. The molecule has 2 aromatic carbocycles. The van der Waals surface area contributed by atoms with Crippen molar-refractivity contribution in [1.82, 2.24) is 15.2 Å². The van der Waals surface area contributed by atoms with Crippen LogP contribution in [0.3, 0.4) is 0 Å². The van der Waals surface area contributed by atoms with Crippen LogP contribution in [0.2, 0.25) is 0 Å². The summed E-state index contributed by atoms with van der Waals surface area (Å²) in [6.45, 7) is 5.20. The van der Waals surface area contributed by atoms with E-state index in [-0.39, 0.29) is 36.3 Å². The fourth-order valence-electron chi connectivity index (χ4n) is 5.35. The molecule has 0 spiro atoms. The minimum absolute atomic E-state index is 0.0394. The van der Waals surface area contributed by atoms with Crippen molar-refractivity contribution in [2.75, 3.05) is 11.2 Å². The first kappa shape index (κ1) is 31.6.